The fourth-order valence-electron chi connectivity index (χ4n) is 1.35. The van der Waals surface area contributed by atoms with E-state index in [1.54, 1.807) is 0 Å². The van der Waals surface area contributed by atoms with Gasteiger partial charge in [0.1, 0.15) is 0 Å². The van der Waals surface area contributed by atoms with Crippen LogP contribution in [-0.4, -0.2) is 12.4 Å². The van der Waals surface area contributed by atoms with Gasteiger partial charge in [-0.25, -0.2) is 0 Å². The first kappa shape index (κ1) is 40.3. The third kappa shape index (κ3) is 20.7. The zero-order valence-corrected chi connectivity index (χ0v) is 26.5. The number of nitrogens with one attached hydrogen (secondary N) is 1. The van der Waals surface area contributed by atoms with E-state index in [4.69, 9.17) is 5.73 Å². The molecule has 7 heteroatoms. The van der Waals surface area contributed by atoms with Gasteiger partial charge in [-0.1, -0.05) is 49.7 Å². The first-order valence-corrected chi connectivity index (χ1v) is 10.6. The molecule has 0 heterocycles. The van der Waals surface area contributed by atoms with Crippen molar-refractivity contribution in [2.45, 2.75) is 33.2 Å². The number of aryl methyl sites for hydroxylation is 1. The molecule has 0 saturated heterocycles. The topological polar surface area (TPSA) is 23.8 Å². The van der Waals surface area contributed by atoms with Gasteiger partial charge in [0.25, 0.3) is 0 Å². The molecule has 0 aromatic heterocycles. The number of fused-ring (bicyclic) bond motifs is 1. The van der Waals surface area contributed by atoms with Gasteiger partial charge in [-0.05, 0) is 4.47 Å². The van der Waals surface area contributed by atoms with Crippen LogP contribution in [0.4, 0.5) is 0 Å². The molecular formula is C16H27BrI3NSiZr-4. The van der Waals surface area contributed by atoms with E-state index in [-0.39, 0.29) is 92.3 Å². The molecule has 0 unspecified atom stereocenters. The summed E-state index contributed by atoms with van der Waals surface area (Å²) < 4.78 is 1.18. The Kier molecular flexibility index (Phi) is 36.6. The molecule has 0 fully saturated rings. The number of benzene rings is 1. The van der Waals surface area contributed by atoms with Gasteiger partial charge in [-0.2, -0.15) is 6.07 Å². The molecule has 1 N–H and O–H groups in total. The van der Waals surface area contributed by atoms with Crippen molar-refractivity contribution < 1.29 is 23.3 Å². The summed E-state index contributed by atoms with van der Waals surface area (Å²) in [5.74, 6) is 0. The SMILES string of the molecule is CC(C)(C)[NH-].Cc1cc2c(Br)cccc2[cH-]1.I.I.I.[CH3-].[CH3-].[Si]=[Zr]. The van der Waals surface area contributed by atoms with Crippen LogP contribution >= 0.6 is 87.9 Å². The quantitative estimate of drug-likeness (QED) is 0.147. The van der Waals surface area contributed by atoms with Crippen LogP contribution in [0.25, 0.3) is 16.5 Å². The Morgan fingerprint density at radius 3 is 1.83 bits per heavy atom. The maximum absolute atomic E-state index is 6.94. The van der Waals surface area contributed by atoms with Crippen LogP contribution in [0, 0.1) is 21.8 Å². The maximum atomic E-state index is 6.94. The number of hydrogen-bond acceptors (Lipinski definition) is 0. The predicted octanol–water partition coefficient (Wildman–Crippen LogP) is 7.84. The van der Waals surface area contributed by atoms with Crippen LogP contribution in [0.2, 0.25) is 0 Å². The van der Waals surface area contributed by atoms with Gasteiger partial charge in [-0.15, -0.1) is 112 Å². The Bertz CT molecular complexity index is 496. The summed E-state index contributed by atoms with van der Waals surface area (Å²) in [4.78, 5) is 0. The molecular weight excluding hydrogens is 786 g/mol. The summed E-state index contributed by atoms with van der Waals surface area (Å²) in [5.41, 5.74) is 8.01. The fraction of sp³-hybridized carbons (Fsp3) is 0.312. The van der Waals surface area contributed by atoms with Crippen molar-refractivity contribution >= 4 is 106 Å². The molecule has 0 bridgehead atoms. The molecule has 1 nitrogen and oxygen atoms in total. The minimum atomic E-state index is -0.250. The van der Waals surface area contributed by atoms with Crippen molar-refractivity contribution in [2.24, 2.45) is 0 Å². The van der Waals surface area contributed by atoms with E-state index < -0.39 is 0 Å². The first-order chi connectivity index (χ1) is 8.27. The van der Waals surface area contributed by atoms with E-state index in [2.05, 4.69) is 60.1 Å². The van der Waals surface area contributed by atoms with E-state index in [1.807, 2.05) is 20.8 Å². The number of hydrogen-bond donors (Lipinski definition) is 0. The zero-order chi connectivity index (χ0) is 14.3. The average Bonchev–Trinajstić information content (AvgIpc) is 2.61. The van der Waals surface area contributed by atoms with Crippen molar-refractivity contribution in [1.82, 2.24) is 0 Å². The molecule has 0 spiro atoms. The van der Waals surface area contributed by atoms with Crippen LogP contribution in [0.15, 0.2) is 34.8 Å². The third-order valence-corrected chi connectivity index (χ3v) is 2.53. The minimum absolute atomic E-state index is 0. The Hall–Kier alpha value is 2.56. The summed E-state index contributed by atoms with van der Waals surface area (Å²) in [6.07, 6.45) is 0. The van der Waals surface area contributed by atoms with E-state index in [9.17, 15) is 0 Å². The third-order valence-electron chi connectivity index (χ3n) is 1.84. The van der Waals surface area contributed by atoms with Crippen LogP contribution < -0.4 is 0 Å². The van der Waals surface area contributed by atoms with Crippen molar-refractivity contribution in [3.05, 3.63) is 61.0 Å². The summed E-state index contributed by atoms with van der Waals surface area (Å²) in [6, 6.07) is 10.7. The van der Waals surface area contributed by atoms with Crippen molar-refractivity contribution in [3.8, 4) is 0 Å². The first-order valence-electron chi connectivity index (χ1n) is 5.59. The van der Waals surface area contributed by atoms with E-state index in [0.29, 0.717) is 0 Å². The second kappa shape index (κ2) is 20.9. The predicted molar refractivity (Wildman–Crippen MR) is 141 cm³/mol. The Labute approximate surface area is 219 Å². The summed E-state index contributed by atoms with van der Waals surface area (Å²) in [7, 11) is 0. The van der Waals surface area contributed by atoms with Crippen molar-refractivity contribution in [3.63, 3.8) is 0 Å². The molecule has 0 amide bonds. The second-order valence-electron chi connectivity index (χ2n) is 5.03. The van der Waals surface area contributed by atoms with Gasteiger partial charge in [0.05, 0.1) is 0 Å². The molecule has 0 aliphatic carbocycles. The summed E-state index contributed by atoms with van der Waals surface area (Å²) >= 11 is 4.87. The van der Waals surface area contributed by atoms with Gasteiger partial charge >= 0.3 is 30.2 Å². The fourth-order valence-corrected chi connectivity index (χ4v) is 1.84. The molecule has 136 valence electrons. The van der Waals surface area contributed by atoms with Crippen LogP contribution in [-0.2, 0) is 23.3 Å². The van der Waals surface area contributed by atoms with Gasteiger partial charge in [0, 0.05) is 0 Å². The molecule has 0 aliphatic rings. The molecule has 0 atom stereocenters. The van der Waals surface area contributed by atoms with Gasteiger partial charge < -0.3 is 20.6 Å². The van der Waals surface area contributed by atoms with Crippen molar-refractivity contribution in [2.75, 3.05) is 0 Å². The summed E-state index contributed by atoms with van der Waals surface area (Å²) in [6.45, 7) is 10.7. The Morgan fingerprint density at radius 2 is 1.48 bits per heavy atom. The van der Waals surface area contributed by atoms with E-state index in [0.717, 1.165) is 0 Å². The molecule has 0 aliphatic heterocycles. The number of halogens is 4. The molecule has 23 heavy (non-hydrogen) atoms. The van der Waals surface area contributed by atoms with Crippen LogP contribution in [0.3, 0.4) is 0 Å². The summed E-state index contributed by atoms with van der Waals surface area (Å²) in [5, 5.41) is 2.63. The molecule has 2 aromatic carbocycles. The molecule has 2 aromatic rings. The average molecular weight is 813 g/mol. The van der Waals surface area contributed by atoms with Crippen molar-refractivity contribution in [1.29, 1.82) is 0 Å². The zero-order valence-electron chi connectivity index (χ0n) is 14.5. The number of rotatable bonds is 0. The molecule has 2 radical (unpaired) electrons. The van der Waals surface area contributed by atoms with Gasteiger partial charge in [0.2, 0.25) is 0 Å². The Balaban J connectivity index is -0.0000000540. The van der Waals surface area contributed by atoms with Gasteiger partial charge in [-0.3, -0.25) is 0 Å². The second-order valence-corrected chi connectivity index (χ2v) is 5.88. The van der Waals surface area contributed by atoms with E-state index >= 15 is 0 Å². The van der Waals surface area contributed by atoms with Crippen LogP contribution in [0.1, 0.15) is 26.3 Å². The standard InChI is InChI=1S/C10H8Br.C4H10N.2CH3.3HI.Si.Zr/c1-7-5-8-3-2-4-10(11)9(8)6-7;1-4(2,3)5;;;;;;;/h2-6H,1H3;5H,1-3H3;2*1H3;3*1H;;/q4*-1;;;;;. The monoisotopic (exact) mass is 811 g/mol. The van der Waals surface area contributed by atoms with E-state index in [1.165, 1.54) is 44.1 Å². The molecule has 0 saturated carbocycles. The normalized spacial score (nSPS) is 7.87. The van der Waals surface area contributed by atoms with Gasteiger partial charge in [0.15, 0.2) is 0 Å². The Morgan fingerprint density at radius 1 is 1.09 bits per heavy atom. The molecule has 2 rings (SSSR count). The van der Waals surface area contributed by atoms with Crippen LogP contribution in [0.5, 0.6) is 0 Å².